The van der Waals surface area contributed by atoms with Gasteiger partial charge in [-0.2, -0.15) is 0 Å². The van der Waals surface area contributed by atoms with Crippen LogP contribution in [-0.2, 0) is 9.30 Å². The van der Waals surface area contributed by atoms with Crippen LogP contribution in [0.2, 0.25) is 0 Å². The maximum absolute atomic E-state index is 14.9. The highest BCUT2D eigenvalue weighted by atomic mass is 32.1. The molecule has 2 aliphatic heterocycles. The Morgan fingerprint density at radius 1 is 1.12 bits per heavy atom. The lowest BCUT2D eigenvalue weighted by Crippen LogP contribution is -2.46. The van der Waals surface area contributed by atoms with Crippen LogP contribution in [0.25, 0.3) is 10.1 Å². The molecular weight excluding hydrogens is 570 g/mol. The minimum atomic E-state index is -3.15. The second-order valence-electron chi connectivity index (χ2n) is 10.2. The highest BCUT2D eigenvalue weighted by molar-refractivity contribution is 7.34. The maximum atomic E-state index is 14.9. The van der Waals surface area contributed by atoms with E-state index < -0.39 is 12.6 Å². The Morgan fingerprint density at radius 3 is 2.61 bits per heavy atom. The number of thiophene rings is 1. The molecule has 5 rings (SSSR count). The molecule has 3 aromatic rings. The van der Waals surface area contributed by atoms with Gasteiger partial charge in [0.2, 0.25) is 0 Å². The second-order valence-corrected chi connectivity index (χ2v) is 11.9. The highest BCUT2D eigenvalue weighted by Gasteiger charge is 2.30. The number of hydrogen-bond donors (Lipinski definition) is 2. The molecule has 3 heterocycles. The summed E-state index contributed by atoms with van der Waals surface area (Å²) in [6, 6.07) is 11.3. The minimum Gasteiger partial charge on any atom is -0.495 e. The van der Waals surface area contributed by atoms with E-state index in [9.17, 15) is 17.7 Å². The van der Waals surface area contributed by atoms with E-state index in [0.717, 1.165) is 62.4 Å². The van der Waals surface area contributed by atoms with E-state index in [4.69, 9.17) is 9.47 Å². The average Bonchev–Trinajstić information content (AvgIpc) is 3.38. The van der Waals surface area contributed by atoms with Gasteiger partial charge in [-0.25, -0.2) is 13.2 Å². The highest BCUT2D eigenvalue weighted by Crippen LogP contribution is 2.42. The lowest BCUT2D eigenvalue weighted by molar-refractivity contribution is 0.0262. The first-order valence-electron chi connectivity index (χ1n) is 13.8. The monoisotopic (exact) mass is 603 g/mol. The number of anilines is 2. The third-order valence-electron chi connectivity index (χ3n) is 7.71. The van der Waals surface area contributed by atoms with Crippen molar-refractivity contribution in [1.29, 1.82) is 0 Å². The summed E-state index contributed by atoms with van der Waals surface area (Å²) < 4.78 is 64.9. The number of ether oxygens (including phenoxy) is 2. The van der Waals surface area contributed by atoms with E-state index in [0.29, 0.717) is 33.0 Å². The number of halogens is 3. The summed E-state index contributed by atoms with van der Waals surface area (Å²) in [5.74, 6) is 6.39. The van der Waals surface area contributed by atoms with Gasteiger partial charge in [0.1, 0.15) is 5.75 Å². The Bertz CT molecular complexity index is 1410. The number of benzene rings is 2. The number of nitrogens with zero attached hydrogens (tertiary/aromatic N) is 1. The molecule has 0 amide bonds. The first-order chi connectivity index (χ1) is 20.0. The van der Waals surface area contributed by atoms with Crippen molar-refractivity contribution in [3.05, 3.63) is 46.8 Å². The molecule has 2 fully saturated rings. The summed E-state index contributed by atoms with van der Waals surface area (Å²) in [6.45, 7) is 3.83. The van der Waals surface area contributed by atoms with Crippen molar-refractivity contribution in [3.8, 4) is 17.6 Å². The average molecular weight is 604 g/mol. The van der Waals surface area contributed by atoms with E-state index in [1.54, 1.807) is 30.3 Å². The molecule has 2 N–H and O–H groups in total. The van der Waals surface area contributed by atoms with Gasteiger partial charge in [-0.3, -0.25) is 4.57 Å². The van der Waals surface area contributed by atoms with Gasteiger partial charge in [-0.15, -0.1) is 11.3 Å². The van der Waals surface area contributed by atoms with Crippen LogP contribution in [0.4, 0.5) is 24.5 Å². The number of piperidine rings is 1. The number of nitrogens with one attached hydrogen (secondary N) is 2. The molecular formula is C30H33F3N3O3PS. The zero-order chi connectivity index (χ0) is 28.8. The Kier molecular flexibility index (Phi) is 10.0. The molecule has 1 unspecified atom stereocenters. The standard InChI is InChI=1S/C30H33F3N3O3PS/c1-38-25-18-21(40-37)7-8-23(25)34-13-3-6-26-27(28(31)30(32)33)22-4-2-5-24(29(22)41-26)35-19-9-14-36(15-10-19)20-11-16-39-17-12-20/h2,4-5,7-8,18-20,28,30,34-35H,9-17H2,1H3. The molecule has 0 aliphatic carbocycles. The molecule has 2 aromatic carbocycles. The normalized spacial score (nSPS) is 17.9. The summed E-state index contributed by atoms with van der Waals surface area (Å²) >= 11 is 1.25. The lowest BCUT2D eigenvalue weighted by Gasteiger charge is -2.39. The molecule has 0 radical (unpaired) electrons. The third kappa shape index (κ3) is 6.98. The Balaban J connectivity index is 1.33. The van der Waals surface area contributed by atoms with E-state index in [1.807, 2.05) is 6.07 Å². The van der Waals surface area contributed by atoms with Gasteiger partial charge in [0.25, 0.3) is 6.43 Å². The van der Waals surface area contributed by atoms with Crippen molar-refractivity contribution < 1.29 is 27.2 Å². The van der Waals surface area contributed by atoms with E-state index in [1.165, 1.54) is 18.4 Å². The van der Waals surface area contributed by atoms with Crippen LogP contribution in [0.5, 0.6) is 5.75 Å². The fraction of sp³-hybridized carbons (Fsp3) is 0.467. The van der Waals surface area contributed by atoms with Gasteiger partial charge in [0, 0.05) is 54.6 Å². The molecule has 0 spiro atoms. The first-order valence-corrected chi connectivity index (χ1v) is 15.4. The van der Waals surface area contributed by atoms with Crippen LogP contribution in [-0.4, -0.2) is 63.4 Å². The molecule has 1 atom stereocenters. The van der Waals surface area contributed by atoms with Gasteiger partial charge in [-0.1, -0.05) is 24.0 Å². The first kappa shape index (κ1) is 29.7. The molecule has 6 nitrogen and oxygen atoms in total. The van der Waals surface area contributed by atoms with Crippen molar-refractivity contribution in [2.75, 3.05) is 50.6 Å². The molecule has 0 saturated carbocycles. The predicted octanol–water partition coefficient (Wildman–Crippen LogP) is 6.62. The van der Waals surface area contributed by atoms with Crippen molar-refractivity contribution in [2.45, 2.75) is 50.4 Å². The second kappa shape index (κ2) is 13.9. The van der Waals surface area contributed by atoms with Gasteiger partial charge in [0.15, 0.2) is 14.6 Å². The zero-order valence-corrected chi connectivity index (χ0v) is 24.5. The quantitative estimate of drug-likeness (QED) is 0.212. The Morgan fingerprint density at radius 2 is 1.90 bits per heavy atom. The molecule has 2 saturated heterocycles. The zero-order valence-electron chi connectivity index (χ0n) is 22.8. The lowest BCUT2D eigenvalue weighted by atomic mass is 9.99. The summed E-state index contributed by atoms with van der Waals surface area (Å²) in [6.07, 6.45) is -1.48. The molecule has 218 valence electrons. The summed E-state index contributed by atoms with van der Waals surface area (Å²) in [5.41, 5.74) is 1.42. The van der Waals surface area contributed by atoms with Crippen LogP contribution in [0.15, 0.2) is 36.4 Å². The predicted molar refractivity (Wildman–Crippen MR) is 159 cm³/mol. The van der Waals surface area contributed by atoms with Crippen molar-refractivity contribution in [3.63, 3.8) is 0 Å². The molecule has 0 bridgehead atoms. The molecule has 11 heteroatoms. The van der Waals surface area contributed by atoms with Gasteiger partial charge < -0.3 is 25.0 Å². The van der Waals surface area contributed by atoms with E-state index >= 15 is 0 Å². The maximum Gasteiger partial charge on any atom is 0.273 e. The molecule has 2 aliphatic rings. The number of fused-ring (bicyclic) bond motifs is 1. The minimum absolute atomic E-state index is 0.0538. The van der Waals surface area contributed by atoms with Crippen LogP contribution in [0, 0.1) is 11.8 Å². The summed E-state index contributed by atoms with van der Waals surface area (Å²) in [5, 5.41) is 7.78. The fourth-order valence-electron chi connectivity index (χ4n) is 5.57. The summed E-state index contributed by atoms with van der Waals surface area (Å²) in [4.78, 5) is 2.85. The van der Waals surface area contributed by atoms with E-state index in [2.05, 4.69) is 27.4 Å². The number of methoxy groups -OCH3 is 1. The number of alkyl halides is 3. The van der Waals surface area contributed by atoms with Gasteiger partial charge >= 0.3 is 0 Å². The number of rotatable bonds is 9. The van der Waals surface area contributed by atoms with Crippen LogP contribution >= 0.6 is 19.8 Å². The largest absolute Gasteiger partial charge is 0.495 e. The van der Waals surface area contributed by atoms with E-state index in [-0.39, 0.29) is 26.6 Å². The number of hydrogen-bond acceptors (Lipinski definition) is 7. The van der Waals surface area contributed by atoms with Crippen LogP contribution < -0.4 is 20.7 Å². The van der Waals surface area contributed by atoms with Crippen molar-refractivity contribution in [2.24, 2.45) is 0 Å². The Labute approximate surface area is 243 Å². The fourth-order valence-corrected chi connectivity index (χ4v) is 7.06. The number of likely N-dealkylation sites (tertiary alicyclic amines) is 1. The van der Waals surface area contributed by atoms with Gasteiger partial charge in [0.05, 0.1) is 34.6 Å². The van der Waals surface area contributed by atoms with Crippen LogP contribution in [0.1, 0.15) is 42.3 Å². The topological polar surface area (TPSA) is 62.8 Å². The third-order valence-corrected chi connectivity index (χ3v) is 9.37. The molecule has 1 aromatic heterocycles. The Hall–Kier alpha value is -2.83. The van der Waals surface area contributed by atoms with Gasteiger partial charge in [-0.05, 0) is 49.9 Å². The van der Waals surface area contributed by atoms with Crippen molar-refractivity contribution in [1.82, 2.24) is 4.90 Å². The summed E-state index contributed by atoms with van der Waals surface area (Å²) in [7, 11) is 1.39. The van der Waals surface area contributed by atoms with Crippen molar-refractivity contribution >= 4 is 46.6 Å². The van der Waals surface area contributed by atoms with Crippen LogP contribution in [0.3, 0.4) is 0 Å². The molecule has 41 heavy (non-hydrogen) atoms. The SMILES string of the molecule is COc1cc(P=O)ccc1NCC#Cc1sc2c(NC3CCN(C4CCOCC4)CC3)cccc2c1C(F)C(F)F. The smallest absolute Gasteiger partial charge is 0.273 e.